The highest BCUT2D eigenvalue weighted by atomic mass is 32.1. The minimum absolute atomic E-state index is 0.678. The van der Waals surface area contributed by atoms with Gasteiger partial charge in [-0.15, -0.1) is 0 Å². The van der Waals surface area contributed by atoms with Crippen molar-refractivity contribution in [2.24, 2.45) is 11.8 Å². The maximum atomic E-state index is 5.20. The molecule has 0 amide bonds. The van der Waals surface area contributed by atoms with Crippen molar-refractivity contribution < 1.29 is 0 Å². The van der Waals surface area contributed by atoms with Crippen molar-refractivity contribution >= 4 is 17.3 Å². The average Bonchev–Trinajstić information content (AvgIpc) is 2.05. The normalized spacial score (nSPS) is 20.0. The fourth-order valence-electron chi connectivity index (χ4n) is 1.30. The molecule has 1 aliphatic rings. The van der Waals surface area contributed by atoms with E-state index >= 15 is 0 Å². The lowest BCUT2D eigenvalue weighted by Gasteiger charge is -2.31. The summed E-state index contributed by atoms with van der Waals surface area (Å²) in [6.45, 7) is 4.37. The molecule has 0 spiro atoms. The Balaban J connectivity index is 2.33. The molecular weight excluding hydrogens is 158 g/mol. The summed E-state index contributed by atoms with van der Waals surface area (Å²) in [6, 6.07) is 0. The van der Waals surface area contributed by atoms with Gasteiger partial charge in [-0.3, -0.25) is 0 Å². The molecule has 1 fully saturated rings. The molecule has 11 heavy (non-hydrogen) atoms. The molecule has 3 N–H and O–H groups in total. The van der Waals surface area contributed by atoms with Gasteiger partial charge < -0.3 is 10.3 Å². The van der Waals surface area contributed by atoms with Crippen molar-refractivity contribution in [2.45, 2.75) is 19.8 Å². The van der Waals surface area contributed by atoms with Crippen LogP contribution in [0.15, 0.2) is 0 Å². The van der Waals surface area contributed by atoms with Gasteiger partial charge in [0.1, 0.15) is 0 Å². The van der Waals surface area contributed by atoms with E-state index < -0.39 is 0 Å². The zero-order valence-electron chi connectivity index (χ0n) is 6.84. The average molecular weight is 173 g/mol. The zero-order valence-corrected chi connectivity index (χ0v) is 7.66. The molecule has 1 heterocycles. The van der Waals surface area contributed by atoms with E-state index in [1.165, 1.54) is 12.8 Å². The Morgan fingerprint density at radius 2 is 2.09 bits per heavy atom. The number of nitrogens with zero attached hydrogens (tertiary/aromatic N) is 1. The number of hydrogen-bond donors (Lipinski definition) is 2. The van der Waals surface area contributed by atoms with E-state index in [1.807, 2.05) is 0 Å². The Bertz CT molecular complexity index is 141. The molecular formula is C7H15N3S. The van der Waals surface area contributed by atoms with Crippen molar-refractivity contribution in [2.75, 3.05) is 13.1 Å². The number of piperidine rings is 1. The Morgan fingerprint density at radius 1 is 1.55 bits per heavy atom. The van der Waals surface area contributed by atoms with E-state index in [0.717, 1.165) is 19.0 Å². The lowest BCUT2D eigenvalue weighted by molar-refractivity contribution is 0.278. The van der Waals surface area contributed by atoms with Gasteiger partial charge in [-0.1, -0.05) is 6.92 Å². The van der Waals surface area contributed by atoms with Gasteiger partial charge in [0.2, 0.25) is 0 Å². The molecule has 0 bridgehead atoms. The van der Waals surface area contributed by atoms with Crippen LogP contribution >= 0.6 is 12.2 Å². The Kier molecular flexibility index (Phi) is 3.08. The monoisotopic (exact) mass is 173 g/mol. The first-order valence-electron chi connectivity index (χ1n) is 3.99. The summed E-state index contributed by atoms with van der Waals surface area (Å²) in [5.41, 5.74) is 2.51. The summed E-state index contributed by atoms with van der Waals surface area (Å²) >= 11 is 5.00. The lowest BCUT2D eigenvalue weighted by Crippen LogP contribution is -2.46. The first-order chi connectivity index (χ1) is 5.24. The van der Waals surface area contributed by atoms with E-state index in [9.17, 15) is 0 Å². The first-order valence-corrected chi connectivity index (χ1v) is 4.40. The maximum absolute atomic E-state index is 5.20. The first kappa shape index (κ1) is 8.74. The van der Waals surface area contributed by atoms with Crippen molar-refractivity contribution in [3.63, 3.8) is 0 Å². The summed E-state index contributed by atoms with van der Waals surface area (Å²) in [5, 5.41) is 0.678. The lowest BCUT2D eigenvalue weighted by atomic mass is 10.00. The molecule has 4 heteroatoms. The smallest absolute Gasteiger partial charge is 0.183 e. The molecule has 1 aliphatic heterocycles. The standard InChI is InChI=1S/C7H15N3S/c1-6-2-4-10(5-3-6)7(11)9-8/h6H,2-5,8H2,1H3,(H,9,11). The SMILES string of the molecule is CC1CCN(C(=S)NN)CC1. The topological polar surface area (TPSA) is 41.3 Å². The number of nitrogens with one attached hydrogen (secondary N) is 1. The van der Waals surface area contributed by atoms with Crippen LogP contribution < -0.4 is 11.3 Å². The molecule has 0 aromatic carbocycles. The minimum atomic E-state index is 0.678. The van der Waals surface area contributed by atoms with Crippen molar-refractivity contribution in [3.05, 3.63) is 0 Å². The fraction of sp³-hybridized carbons (Fsp3) is 0.857. The Morgan fingerprint density at radius 3 is 2.55 bits per heavy atom. The zero-order chi connectivity index (χ0) is 8.27. The van der Waals surface area contributed by atoms with Gasteiger partial charge in [-0.05, 0) is 31.0 Å². The molecule has 0 atom stereocenters. The molecule has 0 saturated carbocycles. The van der Waals surface area contributed by atoms with Crippen molar-refractivity contribution in [3.8, 4) is 0 Å². The second kappa shape index (κ2) is 3.88. The highest BCUT2D eigenvalue weighted by Gasteiger charge is 2.16. The van der Waals surface area contributed by atoms with Gasteiger partial charge in [-0.25, -0.2) is 5.84 Å². The van der Waals surface area contributed by atoms with Gasteiger partial charge in [0, 0.05) is 13.1 Å². The summed E-state index contributed by atoms with van der Waals surface area (Å²) in [5.74, 6) is 6.04. The molecule has 0 aromatic rings. The Hall–Kier alpha value is -0.350. The largest absolute Gasteiger partial charge is 0.348 e. The molecule has 64 valence electrons. The van der Waals surface area contributed by atoms with Crippen LogP contribution in [0.25, 0.3) is 0 Å². The van der Waals surface area contributed by atoms with Gasteiger partial charge in [-0.2, -0.15) is 0 Å². The maximum Gasteiger partial charge on any atom is 0.183 e. The number of likely N-dealkylation sites (tertiary alicyclic amines) is 1. The number of thiocarbonyl (C=S) groups is 1. The van der Waals surface area contributed by atoms with Crippen LogP contribution in [-0.2, 0) is 0 Å². The third kappa shape index (κ3) is 2.31. The Labute approximate surface area is 72.9 Å². The van der Waals surface area contributed by atoms with Crippen molar-refractivity contribution in [1.29, 1.82) is 0 Å². The van der Waals surface area contributed by atoms with E-state index in [0.29, 0.717) is 5.11 Å². The van der Waals surface area contributed by atoms with E-state index in [1.54, 1.807) is 0 Å². The quantitative estimate of drug-likeness (QED) is 0.317. The highest BCUT2D eigenvalue weighted by molar-refractivity contribution is 7.80. The number of hydrazine groups is 1. The van der Waals surface area contributed by atoms with E-state index in [-0.39, 0.29) is 0 Å². The third-order valence-corrected chi connectivity index (χ3v) is 2.57. The van der Waals surface area contributed by atoms with Crippen LogP contribution in [0.1, 0.15) is 19.8 Å². The molecule has 0 aliphatic carbocycles. The number of nitrogens with two attached hydrogens (primary N) is 1. The van der Waals surface area contributed by atoms with Crippen LogP contribution in [0.3, 0.4) is 0 Å². The molecule has 0 unspecified atom stereocenters. The van der Waals surface area contributed by atoms with Gasteiger partial charge in [0.25, 0.3) is 0 Å². The molecule has 0 aromatic heterocycles. The molecule has 0 radical (unpaired) electrons. The summed E-state index contributed by atoms with van der Waals surface area (Å²) in [7, 11) is 0. The van der Waals surface area contributed by atoms with E-state index in [2.05, 4.69) is 17.2 Å². The van der Waals surface area contributed by atoms with Gasteiger partial charge >= 0.3 is 0 Å². The van der Waals surface area contributed by atoms with Gasteiger partial charge in [0.15, 0.2) is 5.11 Å². The minimum Gasteiger partial charge on any atom is -0.348 e. The predicted molar refractivity (Wildman–Crippen MR) is 49.9 cm³/mol. The summed E-state index contributed by atoms with van der Waals surface area (Å²) < 4.78 is 0. The molecule has 3 nitrogen and oxygen atoms in total. The second-order valence-electron chi connectivity index (χ2n) is 3.12. The van der Waals surface area contributed by atoms with Crippen LogP contribution in [0.2, 0.25) is 0 Å². The molecule has 1 rings (SSSR count). The second-order valence-corrected chi connectivity index (χ2v) is 3.51. The summed E-state index contributed by atoms with van der Waals surface area (Å²) in [4.78, 5) is 2.12. The number of hydrogen-bond acceptors (Lipinski definition) is 2. The van der Waals surface area contributed by atoms with Crippen LogP contribution in [-0.4, -0.2) is 23.1 Å². The third-order valence-electron chi connectivity index (χ3n) is 2.19. The predicted octanol–water partition coefficient (Wildman–Crippen LogP) is 0.467. The van der Waals surface area contributed by atoms with E-state index in [4.69, 9.17) is 18.1 Å². The molecule has 1 saturated heterocycles. The van der Waals surface area contributed by atoms with Crippen molar-refractivity contribution in [1.82, 2.24) is 10.3 Å². The highest BCUT2D eigenvalue weighted by Crippen LogP contribution is 2.15. The van der Waals surface area contributed by atoms with Crippen LogP contribution in [0.4, 0.5) is 0 Å². The number of rotatable bonds is 0. The fourth-order valence-corrected chi connectivity index (χ4v) is 1.49. The van der Waals surface area contributed by atoms with Gasteiger partial charge in [0.05, 0.1) is 0 Å². The van der Waals surface area contributed by atoms with Crippen LogP contribution in [0.5, 0.6) is 0 Å². The van der Waals surface area contributed by atoms with Crippen LogP contribution in [0, 0.1) is 5.92 Å². The summed E-state index contributed by atoms with van der Waals surface area (Å²) in [6.07, 6.45) is 2.45.